The Balaban J connectivity index is 1.81. The molecule has 1 fully saturated rings. The molecule has 0 saturated carbocycles. The van der Waals surface area contributed by atoms with Crippen molar-refractivity contribution in [2.75, 3.05) is 19.6 Å². The molecule has 2 heterocycles. The maximum Gasteiger partial charge on any atom is 0.244 e. The Morgan fingerprint density at radius 1 is 1.44 bits per heavy atom. The lowest BCUT2D eigenvalue weighted by molar-refractivity contribution is -0.135. The summed E-state index contributed by atoms with van der Waals surface area (Å²) in [5.41, 5.74) is 5.76. The van der Waals surface area contributed by atoms with Gasteiger partial charge in [0.05, 0.1) is 19.3 Å². The van der Waals surface area contributed by atoms with Gasteiger partial charge in [-0.2, -0.15) is 0 Å². The van der Waals surface area contributed by atoms with Crippen LogP contribution in [0.4, 0.5) is 0 Å². The van der Waals surface area contributed by atoms with Crippen molar-refractivity contribution in [1.82, 2.24) is 25.2 Å². The molecule has 8 nitrogen and oxygen atoms in total. The smallest absolute Gasteiger partial charge is 0.244 e. The molecule has 18 heavy (non-hydrogen) atoms. The van der Waals surface area contributed by atoms with E-state index in [0.29, 0.717) is 5.69 Å². The molecule has 98 valence electrons. The van der Waals surface area contributed by atoms with E-state index in [1.165, 1.54) is 4.68 Å². The number of nitrogens with two attached hydrogens (primary N) is 1. The zero-order valence-corrected chi connectivity index (χ0v) is 10.0. The van der Waals surface area contributed by atoms with Crippen LogP contribution in [0.5, 0.6) is 0 Å². The van der Waals surface area contributed by atoms with Crippen molar-refractivity contribution in [2.45, 2.75) is 19.5 Å². The second-order valence-corrected chi connectivity index (χ2v) is 4.12. The van der Waals surface area contributed by atoms with Gasteiger partial charge in [0.1, 0.15) is 12.2 Å². The summed E-state index contributed by atoms with van der Waals surface area (Å²) in [6.45, 7) is 2.06. The molecule has 1 aliphatic rings. The van der Waals surface area contributed by atoms with E-state index in [-0.39, 0.29) is 31.4 Å². The van der Waals surface area contributed by atoms with Gasteiger partial charge >= 0.3 is 0 Å². The van der Waals surface area contributed by atoms with E-state index in [1.54, 1.807) is 11.1 Å². The number of likely N-dealkylation sites (tertiary alicyclic amines) is 1. The van der Waals surface area contributed by atoms with Crippen molar-refractivity contribution >= 4 is 11.8 Å². The first kappa shape index (κ1) is 12.5. The molecule has 0 unspecified atom stereocenters. The third-order valence-electron chi connectivity index (χ3n) is 2.74. The number of carbonyl (C=O) groups excluding carboxylic acids is 2. The van der Waals surface area contributed by atoms with Crippen LogP contribution in [0.3, 0.4) is 0 Å². The lowest BCUT2D eigenvalue weighted by atomic mass is 10.2. The predicted octanol–water partition coefficient (Wildman–Crippen LogP) is -1.91. The molecular formula is C10H16N6O2. The highest BCUT2D eigenvalue weighted by atomic mass is 16.2. The van der Waals surface area contributed by atoms with E-state index in [4.69, 9.17) is 5.73 Å². The molecular weight excluding hydrogens is 236 g/mol. The van der Waals surface area contributed by atoms with Crippen LogP contribution < -0.4 is 11.1 Å². The van der Waals surface area contributed by atoms with Crippen molar-refractivity contribution in [3.05, 3.63) is 11.9 Å². The van der Waals surface area contributed by atoms with Gasteiger partial charge in [0.15, 0.2) is 0 Å². The summed E-state index contributed by atoms with van der Waals surface area (Å²) < 4.78 is 1.48. The van der Waals surface area contributed by atoms with E-state index >= 15 is 0 Å². The number of carbonyl (C=O) groups is 2. The second kappa shape index (κ2) is 5.58. The van der Waals surface area contributed by atoms with Gasteiger partial charge in [-0.05, 0) is 6.42 Å². The predicted molar refractivity (Wildman–Crippen MR) is 62.1 cm³/mol. The molecule has 0 radical (unpaired) electrons. The minimum absolute atomic E-state index is 0.0451. The number of hydrogen-bond acceptors (Lipinski definition) is 5. The Morgan fingerprint density at radius 2 is 2.22 bits per heavy atom. The fraction of sp³-hybridized carbons (Fsp3) is 0.600. The van der Waals surface area contributed by atoms with E-state index in [0.717, 1.165) is 19.5 Å². The Bertz CT molecular complexity index is 439. The highest BCUT2D eigenvalue weighted by molar-refractivity contribution is 5.77. The van der Waals surface area contributed by atoms with Crippen LogP contribution >= 0.6 is 0 Å². The third-order valence-corrected chi connectivity index (χ3v) is 2.74. The minimum Gasteiger partial charge on any atom is -0.349 e. The fourth-order valence-corrected chi connectivity index (χ4v) is 1.56. The van der Waals surface area contributed by atoms with Gasteiger partial charge in [0.25, 0.3) is 0 Å². The Labute approximate surface area is 104 Å². The van der Waals surface area contributed by atoms with E-state index < -0.39 is 0 Å². The van der Waals surface area contributed by atoms with Crippen LogP contribution in [-0.2, 0) is 22.7 Å². The molecule has 2 rings (SSSR count). The van der Waals surface area contributed by atoms with Crippen molar-refractivity contribution < 1.29 is 9.59 Å². The van der Waals surface area contributed by atoms with Gasteiger partial charge in [0.2, 0.25) is 11.8 Å². The number of aromatic nitrogens is 3. The number of rotatable bonds is 5. The largest absolute Gasteiger partial charge is 0.349 e. The molecule has 0 spiro atoms. The summed E-state index contributed by atoms with van der Waals surface area (Å²) in [5.74, 6) is -0.204. The van der Waals surface area contributed by atoms with Crippen LogP contribution in [-0.4, -0.2) is 51.3 Å². The average molecular weight is 252 g/mol. The molecule has 0 aliphatic carbocycles. The van der Waals surface area contributed by atoms with Crippen molar-refractivity contribution in [3.63, 3.8) is 0 Å². The topological polar surface area (TPSA) is 106 Å². The van der Waals surface area contributed by atoms with Gasteiger partial charge in [-0.1, -0.05) is 5.21 Å². The van der Waals surface area contributed by atoms with Gasteiger partial charge in [-0.3, -0.25) is 9.59 Å². The lowest BCUT2D eigenvalue weighted by Gasteiger charge is -2.30. The molecule has 0 aromatic carbocycles. The average Bonchev–Trinajstić information content (AvgIpc) is 2.71. The first-order chi connectivity index (χ1) is 8.69. The molecule has 1 aliphatic heterocycles. The normalized spacial score (nSPS) is 14.2. The maximum absolute atomic E-state index is 11.7. The molecule has 3 N–H and O–H groups in total. The highest BCUT2D eigenvalue weighted by Crippen LogP contribution is 2.06. The van der Waals surface area contributed by atoms with E-state index in [2.05, 4.69) is 15.6 Å². The van der Waals surface area contributed by atoms with Crippen LogP contribution in [0.25, 0.3) is 0 Å². The van der Waals surface area contributed by atoms with Crippen molar-refractivity contribution in [2.24, 2.45) is 5.73 Å². The molecule has 0 atom stereocenters. The zero-order valence-electron chi connectivity index (χ0n) is 10.0. The fourth-order valence-electron chi connectivity index (χ4n) is 1.56. The second-order valence-electron chi connectivity index (χ2n) is 4.12. The van der Waals surface area contributed by atoms with Crippen molar-refractivity contribution in [3.8, 4) is 0 Å². The number of hydrogen-bond donors (Lipinski definition) is 2. The van der Waals surface area contributed by atoms with E-state index in [1.807, 2.05) is 0 Å². The van der Waals surface area contributed by atoms with Crippen LogP contribution in [0.2, 0.25) is 0 Å². The first-order valence-corrected chi connectivity index (χ1v) is 5.82. The van der Waals surface area contributed by atoms with Gasteiger partial charge in [0, 0.05) is 13.1 Å². The summed E-state index contributed by atoms with van der Waals surface area (Å²) in [6, 6.07) is 0. The van der Waals surface area contributed by atoms with Crippen molar-refractivity contribution in [1.29, 1.82) is 0 Å². The summed E-state index contributed by atoms with van der Waals surface area (Å²) in [5, 5.41) is 10.3. The van der Waals surface area contributed by atoms with Gasteiger partial charge in [-0.15, -0.1) is 5.10 Å². The molecule has 1 aromatic heterocycles. The minimum atomic E-state index is -0.249. The Morgan fingerprint density at radius 3 is 2.83 bits per heavy atom. The summed E-state index contributed by atoms with van der Waals surface area (Å²) in [4.78, 5) is 24.4. The number of amides is 2. The summed E-state index contributed by atoms with van der Waals surface area (Å²) in [7, 11) is 0. The quantitative estimate of drug-likeness (QED) is 0.635. The maximum atomic E-state index is 11.7. The van der Waals surface area contributed by atoms with E-state index in [9.17, 15) is 9.59 Å². The number of nitrogens with one attached hydrogen (secondary N) is 1. The first-order valence-electron chi connectivity index (χ1n) is 5.82. The molecule has 0 bridgehead atoms. The lowest BCUT2D eigenvalue weighted by Crippen LogP contribution is -2.43. The SMILES string of the molecule is NCC(=O)NCc1cn(CC(=O)N2CCC2)nn1. The molecule has 1 aromatic rings. The number of nitrogens with zero attached hydrogens (tertiary/aromatic N) is 4. The van der Waals surface area contributed by atoms with Crippen LogP contribution in [0, 0.1) is 0 Å². The Hall–Kier alpha value is -1.96. The Kier molecular flexibility index (Phi) is 3.88. The standard InChI is InChI=1S/C10H16N6O2/c11-4-9(17)12-5-8-6-16(14-13-8)7-10(18)15-2-1-3-15/h6H,1-5,7,11H2,(H,12,17). The molecule has 8 heteroatoms. The summed E-state index contributed by atoms with van der Waals surface area (Å²) >= 11 is 0. The molecule has 1 saturated heterocycles. The van der Waals surface area contributed by atoms with Crippen LogP contribution in [0.15, 0.2) is 6.20 Å². The monoisotopic (exact) mass is 252 g/mol. The summed E-state index contributed by atoms with van der Waals surface area (Å²) in [6.07, 6.45) is 2.72. The van der Waals surface area contributed by atoms with Gasteiger partial charge < -0.3 is 16.0 Å². The van der Waals surface area contributed by atoms with Gasteiger partial charge in [-0.25, -0.2) is 4.68 Å². The third kappa shape index (κ3) is 3.04. The molecule has 2 amide bonds. The van der Waals surface area contributed by atoms with Crippen LogP contribution in [0.1, 0.15) is 12.1 Å². The zero-order chi connectivity index (χ0) is 13.0. The highest BCUT2D eigenvalue weighted by Gasteiger charge is 2.20.